The summed E-state index contributed by atoms with van der Waals surface area (Å²) in [4.78, 5) is 8.56. The molecule has 0 saturated carbocycles. The molecule has 1 atom stereocenters. The molecule has 2 aromatic rings. The number of aryl methyl sites for hydroxylation is 1. The molecule has 3 N–H and O–H groups in total. The number of nitrogens with one attached hydrogen (secondary N) is 3. The van der Waals surface area contributed by atoms with Crippen molar-refractivity contribution < 1.29 is 0 Å². The Kier molecular flexibility index (Phi) is 11.5. The molecule has 0 fully saturated rings. The topological polar surface area (TPSA) is 61.3 Å². The average molecular weight is 481 g/mol. The van der Waals surface area contributed by atoms with Crippen LogP contribution in [-0.4, -0.2) is 37.6 Å². The van der Waals surface area contributed by atoms with Gasteiger partial charge in [-0.05, 0) is 43.4 Å². The number of hydrogen-bond donors (Lipinski definition) is 3. The molecule has 6 heteroatoms. The summed E-state index contributed by atoms with van der Waals surface area (Å²) in [6.45, 7) is 7.06. The van der Waals surface area contributed by atoms with Crippen LogP contribution < -0.4 is 16.0 Å². The fraction of sp³-hybridized carbons (Fsp3) is 0.429. The Labute approximate surface area is 180 Å². The van der Waals surface area contributed by atoms with Gasteiger partial charge in [0.05, 0.1) is 0 Å². The standard InChI is InChI=1S/C21H31N5.HI/c1-17-9-8-10-19(15-17)18(2)16-26-21(22-3)25-14-7-6-13-24-20-11-4-5-12-23-20;/h4-5,8-12,15,18H,6-7,13-14,16H2,1-3H3,(H,23,24)(H2,22,25,26);1H. The highest BCUT2D eigenvalue weighted by Gasteiger charge is 2.06. The number of hydrogen-bond acceptors (Lipinski definition) is 3. The van der Waals surface area contributed by atoms with Crippen molar-refractivity contribution in [3.05, 3.63) is 59.8 Å². The van der Waals surface area contributed by atoms with Crippen LogP contribution in [0.4, 0.5) is 5.82 Å². The second-order valence-corrected chi connectivity index (χ2v) is 6.54. The number of aliphatic imine (C=N–C) groups is 1. The van der Waals surface area contributed by atoms with Crippen molar-refractivity contribution in [3.63, 3.8) is 0 Å². The minimum absolute atomic E-state index is 0. The van der Waals surface area contributed by atoms with Gasteiger partial charge in [-0.15, -0.1) is 24.0 Å². The molecule has 0 bridgehead atoms. The van der Waals surface area contributed by atoms with Gasteiger partial charge in [0, 0.05) is 32.9 Å². The van der Waals surface area contributed by atoms with Crippen molar-refractivity contribution in [2.45, 2.75) is 32.6 Å². The monoisotopic (exact) mass is 481 g/mol. The van der Waals surface area contributed by atoms with E-state index in [-0.39, 0.29) is 24.0 Å². The van der Waals surface area contributed by atoms with Crippen LogP contribution in [-0.2, 0) is 0 Å². The van der Waals surface area contributed by atoms with E-state index in [4.69, 9.17) is 0 Å². The molecular weight excluding hydrogens is 449 g/mol. The lowest BCUT2D eigenvalue weighted by atomic mass is 9.99. The van der Waals surface area contributed by atoms with Crippen molar-refractivity contribution in [1.29, 1.82) is 0 Å². The summed E-state index contributed by atoms with van der Waals surface area (Å²) < 4.78 is 0. The minimum atomic E-state index is 0. The molecule has 1 heterocycles. The van der Waals surface area contributed by atoms with Gasteiger partial charge in [0.25, 0.3) is 0 Å². The molecule has 0 aliphatic carbocycles. The predicted molar refractivity (Wildman–Crippen MR) is 126 cm³/mol. The van der Waals surface area contributed by atoms with E-state index in [0.29, 0.717) is 5.92 Å². The van der Waals surface area contributed by atoms with Gasteiger partial charge in [0.2, 0.25) is 0 Å². The second kappa shape index (κ2) is 13.4. The third kappa shape index (κ3) is 9.08. The first-order chi connectivity index (χ1) is 12.7. The quantitative estimate of drug-likeness (QED) is 0.218. The highest BCUT2D eigenvalue weighted by atomic mass is 127. The number of guanidine groups is 1. The van der Waals surface area contributed by atoms with Crippen LogP contribution in [0.15, 0.2) is 53.7 Å². The molecule has 0 spiro atoms. The SMILES string of the molecule is CN=C(NCCCCNc1ccccn1)NCC(C)c1cccc(C)c1.I. The molecule has 148 valence electrons. The number of nitrogens with zero attached hydrogens (tertiary/aromatic N) is 2. The smallest absolute Gasteiger partial charge is 0.190 e. The zero-order chi connectivity index (χ0) is 18.6. The lowest BCUT2D eigenvalue weighted by molar-refractivity contribution is 0.679. The van der Waals surface area contributed by atoms with E-state index in [1.54, 1.807) is 6.20 Å². The van der Waals surface area contributed by atoms with Crippen LogP contribution in [0.1, 0.15) is 36.8 Å². The molecule has 1 unspecified atom stereocenters. The van der Waals surface area contributed by atoms with Crippen molar-refractivity contribution >= 4 is 35.8 Å². The summed E-state index contributed by atoms with van der Waals surface area (Å²) in [6.07, 6.45) is 3.96. The van der Waals surface area contributed by atoms with Gasteiger partial charge < -0.3 is 16.0 Å². The van der Waals surface area contributed by atoms with E-state index in [1.165, 1.54) is 11.1 Å². The maximum absolute atomic E-state index is 4.31. The van der Waals surface area contributed by atoms with Gasteiger partial charge >= 0.3 is 0 Å². The summed E-state index contributed by atoms with van der Waals surface area (Å²) in [5.74, 6) is 2.24. The van der Waals surface area contributed by atoms with Crippen LogP contribution >= 0.6 is 24.0 Å². The largest absolute Gasteiger partial charge is 0.370 e. The maximum Gasteiger partial charge on any atom is 0.190 e. The Bertz CT molecular complexity index is 675. The van der Waals surface area contributed by atoms with Crippen LogP contribution in [0.3, 0.4) is 0 Å². The van der Waals surface area contributed by atoms with E-state index < -0.39 is 0 Å². The number of rotatable bonds is 9. The molecule has 2 rings (SSSR count). The van der Waals surface area contributed by atoms with Crippen LogP contribution in [0, 0.1) is 6.92 Å². The summed E-state index contributed by atoms with van der Waals surface area (Å²) in [5, 5.41) is 10.1. The fourth-order valence-corrected chi connectivity index (χ4v) is 2.71. The Morgan fingerprint density at radius 3 is 2.59 bits per heavy atom. The van der Waals surface area contributed by atoms with Gasteiger partial charge in [-0.1, -0.05) is 42.8 Å². The molecule has 27 heavy (non-hydrogen) atoms. The maximum atomic E-state index is 4.31. The average Bonchev–Trinajstić information content (AvgIpc) is 2.67. The van der Waals surface area contributed by atoms with Crippen molar-refractivity contribution in [2.24, 2.45) is 4.99 Å². The van der Waals surface area contributed by atoms with Gasteiger partial charge in [-0.3, -0.25) is 4.99 Å². The first-order valence-electron chi connectivity index (χ1n) is 9.35. The van der Waals surface area contributed by atoms with E-state index in [0.717, 1.165) is 44.3 Å². The highest BCUT2D eigenvalue weighted by Crippen LogP contribution is 2.15. The molecule has 0 amide bonds. The lowest BCUT2D eigenvalue weighted by Crippen LogP contribution is -2.39. The first-order valence-corrected chi connectivity index (χ1v) is 9.35. The molecule has 1 aromatic heterocycles. The summed E-state index contributed by atoms with van der Waals surface area (Å²) >= 11 is 0. The zero-order valence-corrected chi connectivity index (χ0v) is 18.9. The molecule has 0 saturated heterocycles. The lowest BCUT2D eigenvalue weighted by Gasteiger charge is -2.17. The molecule has 0 aliphatic heterocycles. The van der Waals surface area contributed by atoms with E-state index in [9.17, 15) is 0 Å². The minimum Gasteiger partial charge on any atom is -0.370 e. The number of pyridine rings is 1. The van der Waals surface area contributed by atoms with E-state index >= 15 is 0 Å². The Hall–Kier alpha value is -1.83. The predicted octanol–water partition coefficient (Wildman–Crippen LogP) is 4.17. The van der Waals surface area contributed by atoms with E-state index in [2.05, 4.69) is 64.0 Å². The molecular formula is C21H32IN5. The highest BCUT2D eigenvalue weighted by molar-refractivity contribution is 14.0. The van der Waals surface area contributed by atoms with Gasteiger partial charge in [-0.2, -0.15) is 0 Å². The Balaban J connectivity index is 0.00000364. The summed E-state index contributed by atoms with van der Waals surface area (Å²) in [7, 11) is 1.81. The second-order valence-electron chi connectivity index (χ2n) is 6.54. The van der Waals surface area contributed by atoms with Crippen LogP contribution in [0.5, 0.6) is 0 Å². The van der Waals surface area contributed by atoms with Crippen LogP contribution in [0.25, 0.3) is 0 Å². The first kappa shape index (κ1) is 23.2. The van der Waals surface area contributed by atoms with Gasteiger partial charge in [0.1, 0.15) is 5.82 Å². The summed E-state index contributed by atoms with van der Waals surface area (Å²) in [6, 6.07) is 14.6. The Morgan fingerprint density at radius 1 is 1.07 bits per heavy atom. The van der Waals surface area contributed by atoms with Gasteiger partial charge in [-0.25, -0.2) is 4.98 Å². The molecule has 5 nitrogen and oxygen atoms in total. The fourth-order valence-electron chi connectivity index (χ4n) is 2.71. The molecule has 1 aromatic carbocycles. The third-order valence-corrected chi connectivity index (χ3v) is 4.28. The summed E-state index contributed by atoms with van der Waals surface area (Å²) in [5.41, 5.74) is 2.66. The number of benzene rings is 1. The van der Waals surface area contributed by atoms with Crippen molar-refractivity contribution in [3.8, 4) is 0 Å². The number of aromatic nitrogens is 1. The van der Waals surface area contributed by atoms with Gasteiger partial charge in [0.15, 0.2) is 5.96 Å². The van der Waals surface area contributed by atoms with Crippen molar-refractivity contribution in [2.75, 3.05) is 32.0 Å². The number of unbranched alkanes of at least 4 members (excludes halogenated alkanes) is 1. The molecule has 0 radical (unpaired) electrons. The van der Waals surface area contributed by atoms with Crippen molar-refractivity contribution in [1.82, 2.24) is 15.6 Å². The van der Waals surface area contributed by atoms with E-state index in [1.807, 2.05) is 25.2 Å². The zero-order valence-electron chi connectivity index (χ0n) is 16.5. The third-order valence-electron chi connectivity index (χ3n) is 4.28. The molecule has 0 aliphatic rings. The number of halogens is 1. The Morgan fingerprint density at radius 2 is 1.89 bits per heavy atom. The van der Waals surface area contributed by atoms with Crippen LogP contribution in [0.2, 0.25) is 0 Å². The number of anilines is 1. The normalized spacial score (nSPS) is 12.0.